The maximum atomic E-state index is 5.51. The third-order valence-corrected chi connectivity index (χ3v) is 2.76. The fraction of sp³-hybridized carbons (Fsp3) is 0.417. The third-order valence-electron chi connectivity index (χ3n) is 2.76. The van der Waals surface area contributed by atoms with Crippen molar-refractivity contribution in [1.29, 1.82) is 0 Å². The van der Waals surface area contributed by atoms with Crippen LogP contribution in [-0.2, 0) is 6.54 Å². The summed E-state index contributed by atoms with van der Waals surface area (Å²) in [6, 6.07) is 8.20. The standard InChI is InChI=1S/C12H18N4/c1-15(7-6-13)8-9-16-10-14-11-4-2-3-5-12(11)16/h2-5,10H,6-9,13H2,1H3. The number of hydrogen-bond acceptors (Lipinski definition) is 3. The quantitative estimate of drug-likeness (QED) is 0.812. The second-order valence-corrected chi connectivity index (χ2v) is 4.02. The molecule has 1 heterocycles. The van der Waals surface area contributed by atoms with E-state index < -0.39 is 0 Å². The van der Waals surface area contributed by atoms with E-state index in [9.17, 15) is 0 Å². The van der Waals surface area contributed by atoms with Crippen LogP contribution in [0.3, 0.4) is 0 Å². The largest absolute Gasteiger partial charge is 0.329 e. The van der Waals surface area contributed by atoms with E-state index in [1.54, 1.807) is 0 Å². The van der Waals surface area contributed by atoms with Crippen LogP contribution in [0.25, 0.3) is 11.0 Å². The van der Waals surface area contributed by atoms with Gasteiger partial charge >= 0.3 is 0 Å². The molecule has 1 aromatic heterocycles. The van der Waals surface area contributed by atoms with E-state index in [1.165, 1.54) is 5.52 Å². The summed E-state index contributed by atoms with van der Waals surface area (Å²) in [5.41, 5.74) is 7.77. The highest BCUT2D eigenvalue weighted by molar-refractivity contribution is 5.74. The molecule has 0 fully saturated rings. The Morgan fingerprint density at radius 1 is 1.31 bits per heavy atom. The predicted molar refractivity (Wildman–Crippen MR) is 66.3 cm³/mol. The summed E-state index contributed by atoms with van der Waals surface area (Å²) >= 11 is 0. The molecule has 0 atom stereocenters. The second kappa shape index (κ2) is 5.09. The first kappa shape index (κ1) is 11.1. The van der Waals surface area contributed by atoms with Gasteiger partial charge in [-0.3, -0.25) is 0 Å². The lowest BCUT2D eigenvalue weighted by molar-refractivity contribution is 0.329. The van der Waals surface area contributed by atoms with Gasteiger partial charge in [-0.15, -0.1) is 0 Å². The molecule has 4 heteroatoms. The Morgan fingerprint density at radius 3 is 2.94 bits per heavy atom. The highest BCUT2D eigenvalue weighted by Crippen LogP contribution is 2.11. The molecule has 2 N–H and O–H groups in total. The van der Waals surface area contributed by atoms with Crippen molar-refractivity contribution in [2.24, 2.45) is 5.73 Å². The van der Waals surface area contributed by atoms with Gasteiger partial charge in [0.15, 0.2) is 0 Å². The van der Waals surface area contributed by atoms with E-state index >= 15 is 0 Å². The molecule has 0 unspecified atom stereocenters. The lowest BCUT2D eigenvalue weighted by atomic mass is 10.3. The van der Waals surface area contributed by atoms with Crippen molar-refractivity contribution >= 4 is 11.0 Å². The number of nitrogens with two attached hydrogens (primary N) is 1. The minimum atomic E-state index is 0.710. The Morgan fingerprint density at radius 2 is 2.12 bits per heavy atom. The molecule has 86 valence electrons. The maximum Gasteiger partial charge on any atom is 0.0958 e. The molecule has 0 bridgehead atoms. The molecule has 1 aromatic carbocycles. The Labute approximate surface area is 95.7 Å². The van der Waals surface area contributed by atoms with Crippen molar-refractivity contribution in [3.05, 3.63) is 30.6 Å². The van der Waals surface area contributed by atoms with Gasteiger partial charge in [-0.05, 0) is 19.2 Å². The van der Waals surface area contributed by atoms with Crippen molar-refractivity contribution in [3.63, 3.8) is 0 Å². The molecule has 0 aliphatic carbocycles. The lowest BCUT2D eigenvalue weighted by Gasteiger charge is -2.15. The zero-order chi connectivity index (χ0) is 11.4. The first-order valence-electron chi connectivity index (χ1n) is 5.60. The average molecular weight is 218 g/mol. The summed E-state index contributed by atoms with van der Waals surface area (Å²) in [5.74, 6) is 0. The number of hydrogen-bond donors (Lipinski definition) is 1. The molecule has 4 nitrogen and oxygen atoms in total. The van der Waals surface area contributed by atoms with Crippen molar-refractivity contribution in [1.82, 2.24) is 14.5 Å². The zero-order valence-electron chi connectivity index (χ0n) is 9.63. The van der Waals surface area contributed by atoms with Crippen LogP contribution in [0, 0.1) is 0 Å². The summed E-state index contributed by atoms with van der Waals surface area (Å²) in [5, 5.41) is 0. The van der Waals surface area contributed by atoms with Crippen LogP contribution in [0.1, 0.15) is 0 Å². The number of rotatable bonds is 5. The van der Waals surface area contributed by atoms with Crippen molar-refractivity contribution < 1.29 is 0 Å². The summed E-state index contributed by atoms with van der Waals surface area (Å²) in [7, 11) is 2.09. The molecule has 0 saturated heterocycles. The number of fused-ring (bicyclic) bond motifs is 1. The molecule has 0 radical (unpaired) electrons. The topological polar surface area (TPSA) is 47.1 Å². The van der Waals surface area contributed by atoms with Crippen molar-refractivity contribution in [2.75, 3.05) is 26.7 Å². The lowest BCUT2D eigenvalue weighted by Crippen LogP contribution is -2.28. The van der Waals surface area contributed by atoms with Crippen LogP contribution in [-0.4, -0.2) is 41.1 Å². The summed E-state index contributed by atoms with van der Waals surface area (Å²) < 4.78 is 2.18. The Bertz CT molecular complexity index is 449. The minimum Gasteiger partial charge on any atom is -0.329 e. The number of imidazole rings is 1. The van der Waals surface area contributed by atoms with E-state index in [0.29, 0.717) is 6.54 Å². The van der Waals surface area contributed by atoms with Crippen LogP contribution in [0.15, 0.2) is 30.6 Å². The maximum absolute atomic E-state index is 5.51. The molecule has 16 heavy (non-hydrogen) atoms. The van der Waals surface area contributed by atoms with Crippen LogP contribution >= 0.6 is 0 Å². The van der Waals surface area contributed by atoms with Crippen LogP contribution in [0.4, 0.5) is 0 Å². The number of para-hydroxylation sites is 2. The smallest absolute Gasteiger partial charge is 0.0958 e. The molecule has 2 aromatic rings. The van der Waals surface area contributed by atoms with E-state index in [-0.39, 0.29) is 0 Å². The summed E-state index contributed by atoms with van der Waals surface area (Å²) in [6.45, 7) is 3.60. The predicted octanol–water partition coefficient (Wildman–Crippen LogP) is 0.927. The highest BCUT2D eigenvalue weighted by Gasteiger charge is 2.02. The second-order valence-electron chi connectivity index (χ2n) is 4.02. The van der Waals surface area contributed by atoms with Crippen molar-refractivity contribution in [3.8, 4) is 0 Å². The summed E-state index contributed by atoms with van der Waals surface area (Å²) in [4.78, 5) is 6.59. The van der Waals surface area contributed by atoms with Crippen LogP contribution < -0.4 is 5.73 Å². The first-order valence-corrected chi connectivity index (χ1v) is 5.60. The Balaban J connectivity index is 2.04. The van der Waals surface area contributed by atoms with E-state index in [4.69, 9.17) is 5.73 Å². The van der Waals surface area contributed by atoms with Gasteiger partial charge in [0.05, 0.1) is 17.4 Å². The molecule has 2 rings (SSSR count). The third kappa shape index (κ3) is 2.40. The molecule has 0 saturated carbocycles. The van der Waals surface area contributed by atoms with E-state index in [2.05, 4.69) is 27.6 Å². The molecule has 0 aliphatic heterocycles. The van der Waals surface area contributed by atoms with Gasteiger partial charge in [-0.25, -0.2) is 4.98 Å². The number of nitrogens with zero attached hydrogens (tertiary/aromatic N) is 3. The Kier molecular flexibility index (Phi) is 3.54. The normalized spacial score (nSPS) is 11.4. The first-order chi connectivity index (χ1) is 7.81. The van der Waals surface area contributed by atoms with Crippen LogP contribution in [0.5, 0.6) is 0 Å². The molecule has 0 aliphatic rings. The van der Waals surface area contributed by atoms with E-state index in [1.807, 2.05) is 24.5 Å². The number of aromatic nitrogens is 2. The molecular weight excluding hydrogens is 200 g/mol. The number of likely N-dealkylation sites (N-methyl/N-ethyl adjacent to an activating group) is 1. The van der Waals surface area contributed by atoms with E-state index in [0.717, 1.165) is 25.2 Å². The molecule has 0 spiro atoms. The average Bonchev–Trinajstić information content (AvgIpc) is 2.70. The molecular formula is C12H18N4. The summed E-state index contributed by atoms with van der Waals surface area (Å²) in [6.07, 6.45) is 1.90. The Hall–Kier alpha value is -1.39. The minimum absolute atomic E-state index is 0.710. The van der Waals surface area contributed by atoms with Gasteiger partial charge in [0.25, 0.3) is 0 Å². The highest BCUT2D eigenvalue weighted by atomic mass is 15.1. The van der Waals surface area contributed by atoms with Gasteiger partial charge < -0.3 is 15.2 Å². The zero-order valence-corrected chi connectivity index (χ0v) is 9.63. The van der Waals surface area contributed by atoms with Gasteiger partial charge in [0.1, 0.15) is 0 Å². The van der Waals surface area contributed by atoms with Crippen LogP contribution in [0.2, 0.25) is 0 Å². The van der Waals surface area contributed by atoms with Gasteiger partial charge in [-0.1, -0.05) is 12.1 Å². The number of benzene rings is 1. The van der Waals surface area contributed by atoms with Gasteiger partial charge in [0, 0.05) is 26.2 Å². The van der Waals surface area contributed by atoms with Gasteiger partial charge in [-0.2, -0.15) is 0 Å². The SMILES string of the molecule is CN(CCN)CCn1cnc2ccccc21. The molecule has 0 amide bonds. The fourth-order valence-electron chi connectivity index (χ4n) is 1.80. The monoisotopic (exact) mass is 218 g/mol. The van der Waals surface area contributed by atoms with Gasteiger partial charge in [0.2, 0.25) is 0 Å². The fourth-order valence-corrected chi connectivity index (χ4v) is 1.80. The van der Waals surface area contributed by atoms with Crippen molar-refractivity contribution in [2.45, 2.75) is 6.54 Å².